The topological polar surface area (TPSA) is 50.7 Å². The molecule has 0 aliphatic heterocycles. The number of alkyl carbamates (subject to hydrolysis) is 1. The molecule has 92 valence electrons. The van der Waals surface area contributed by atoms with Gasteiger partial charge >= 0.3 is 6.09 Å². The second-order valence-electron chi connectivity index (χ2n) is 5.26. The number of amides is 1. The van der Waals surface area contributed by atoms with Crippen molar-refractivity contribution in [3.8, 4) is 0 Å². The van der Waals surface area contributed by atoms with E-state index in [1.807, 2.05) is 20.8 Å². The smallest absolute Gasteiger partial charge is 0.407 e. The normalized spacial score (nSPS) is 25.9. The Labute approximate surface area is 102 Å². The standard InChI is InChI=1S/C11H20N2O2S/c1-11(2,3)15-10(14)12-8-4-6-9(13-16)7-5-8/h8-9H,4-7H2,1-3H3,(H,12,14)/t8-,9+. The van der Waals surface area contributed by atoms with Gasteiger partial charge in [0.1, 0.15) is 5.60 Å². The van der Waals surface area contributed by atoms with Crippen molar-refractivity contribution in [1.82, 2.24) is 5.32 Å². The maximum Gasteiger partial charge on any atom is 0.407 e. The molecule has 16 heavy (non-hydrogen) atoms. The lowest BCUT2D eigenvalue weighted by Gasteiger charge is -2.27. The molecule has 0 bridgehead atoms. The van der Waals surface area contributed by atoms with Crippen molar-refractivity contribution in [3.63, 3.8) is 0 Å². The van der Waals surface area contributed by atoms with Crippen LogP contribution >= 0.6 is 0 Å². The predicted octanol–water partition coefficient (Wildman–Crippen LogP) is 2.55. The fourth-order valence-corrected chi connectivity index (χ4v) is 2.01. The van der Waals surface area contributed by atoms with Crippen LogP contribution in [0, 0.1) is 0 Å². The molecule has 0 aromatic carbocycles. The Morgan fingerprint density at radius 2 is 1.88 bits per heavy atom. The van der Waals surface area contributed by atoms with E-state index in [9.17, 15) is 4.79 Å². The minimum absolute atomic E-state index is 0.211. The second-order valence-corrected chi connectivity index (χ2v) is 5.47. The highest BCUT2D eigenvalue weighted by Crippen LogP contribution is 2.21. The molecular weight excluding hydrogens is 224 g/mol. The van der Waals surface area contributed by atoms with Gasteiger partial charge in [-0.3, -0.25) is 0 Å². The van der Waals surface area contributed by atoms with Crippen LogP contribution in [0.1, 0.15) is 46.5 Å². The average Bonchev–Trinajstić information content (AvgIpc) is 2.16. The monoisotopic (exact) mass is 244 g/mol. The van der Waals surface area contributed by atoms with Gasteiger partial charge in [0.25, 0.3) is 0 Å². The summed E-state index contributed by atoms with van der Waals surface area (Å²) in [6.07, 6.45) is 3.47. The van der Waals surface area contributed by atoms with E-state index < -0.39 is 5.60 Å². The minimum atomic E-state index is -0.433. The van der Waals surface area contributed by atoms with Gasteiger partial charge in [0.05, 0.1) is 6.04 Å². The molecule has 1 N–H and O–H groups in total. The van der Waals surface area contributed by atoms with Gasteiger partial charge in [0.15, 0.2) is 0 Å². The Balaban J connectivity index is 2.28. The molecule has 0 radical (unpaired) electrons. The Bertz CT molecular complexity index is 255. The summed E-state index contributed by atoms with van der Waals surface area (Å²) in [5.74, 6) is 0. The molecule has 1 aliphatic carbocycles. The highest BCUT2D eigenvalue weighted by Gasteiger charge is 2.24. The van der Waals surface area contributed by atoms with E-state index in [4.69, 9.17) is 4.74 Å². The number of ether oxygens (including phenoxy) is 1. The van der Waals surface area contributed by atoms with E-state index in [1.54, 1.807) is 0 Å². The quantitative estimate of drug-likeness (QED) is 0.812. The summed E-state index contributed by atoms with van der Waals surface area (Å²) in [5, 5.41) is 2.88. The molecule has 1 rings (SSSR count). The van der Waals surface area contributed by atoms with Crippen molar-refractivity contribution < 1.29 is 9.53 Å². The molecular formula is C11H20N2O2S. The van der Waals surface area contributed by atoms with Crippen LogP contribution in [0.3, 0.4) is 0 Å². The van der Waals surface area contributed by atoms with Crippen LogP contribution in [0.2, 0.25) is 0 Å². The maximum absolute atomic E-state index is 11.5. The Morgan fingerprint density at radius 3 is 2.31 bits per heavy atom. The summed E-state index contributed by atoms with van der Waals surface area (Å²) in [6.45, 7) is 5.58. The molecule has 0 saturated heterocycles. The van der Waals surface area contributed by atoms with Gasteiger partial charge < -0.3 is 10.1 Å². The lowest BCUT2D eigenvalue weighted by molar-refractivity contribution is 0.0491. The van der Waals surface area contributed by atoms with Crippen molar-refractivity contribution in [2.24, 2.45) is 4.36 Å². The van der Waals surface area contributed by atoms with E-state index in [0.29, 0.717) is 6.04 Å². The molecule has 0 spiro atoms. The van der Waals surface area contributed by atoms with Crippen LogP contribution in [0.25, 0.3) is 0 Å². The summed E-state index contributed by atoms with van der Waals surface area (Å²) >= 11 is 4.68. The zero-order chi connectivity index (χ0) is 12.2. The van der Waals surface area contributed by atoms with E-state index >= 15 is 0 Å². The lowest BCUT2D eigenvalue weighted by atomic mass is 9.92. The second kappa shape index (κ2) is 5.57. The third-order valence-corrected chi connectivity index (χ3v) is 2.86. The minimum Gasteiger partial charge on any atom is -0.444 e. The van der Waals surface area contributed by atoms with Gasteiger partial charge in [-0.15, -0.1) is 0 Å². The van der Waals surface area contributed by atoms with Gasteiger partial charge in [-0.05, 0) is 46.5 Å². The number of nitrogens with zero attached hydrogens (tertiary/aromatic N) is 1. The number of rotatable bonds is 2. The Kier molecular flexibility index (Phi) is 4.65. The molecule has 1 saturated carbocycles. The van der Waals surface area contributed by atoms with Crippen molar-refractivity contribution in [2.45, 2.75) is 64.1 Å². The molecule has 1 amide bonds. The van der Waals surface area contributed by atoms with E-state index in [0.717, 1.165) is 25.7 Å². The lowest BCUT2D eigenvalue weighted by Crippen LogP contribution is -2.41. The summed E-state index contributed by atoms with van der Waals surface area (Å²) < 4.78 is 9.06. The SMILES string of the molecule is CC(C)(C)OC(=O)N[C@H]1CC[C@@H](N=S)CC1. The average molecular weight is 244 g/mol. The zero-order valence-corrected chi connectivity index (χ0v) is 11.0. The van der Waals surface area contributed by atoms with Gasteiger partial charge in [0.2, 0.25) is 0 Å². The number of carbonyl (C=O) groups is 1. The van der Waals surface area contributed by atoms with E-state index in [2.05, 4.69) is 22.1 Å². The third kappa shape index (κ3) is 4.88. The largest absolute Gasteiger partial charge is 0.444 e. The third-order valence-electron chi connectivity index (χ3n) is 2.57. The van der Waals surface area contributed by atoms with Gasteiger partial charge in [0, 0.05) is 18.5 Å². The van der Waals surface area contributed by atoms with Crippen molar-refractivity contribution >= 4 is 18.5 Å². The molecule has 5 heteroatoms. The number of nitrogens with one attached hydrogen (secondary N) is 1. The van der Waals surface area contributed by atoms with Gasteiger partial charge in [-0.2, -0.15) is 0 Å². The number of hydrogen-bond acceptors (Lipinski definition) is 4. The molecule has 0 aromatic rings. The Morgan fingerprint density at radius 1 is 1.31 bits per heavy atom. The summed E-state index contributed by atoms with van der Waals surface area (Å²) in [5.41, 5.74) is -0.433. The highest BCUT2D eigenvalue weighted by molar-refractivity contribution is 7.47. The van der Waals surface area contributed by atoms with E-state index in [-0.39, 0.29) is 12.1 Å². The summed E-state index contributed by atoms with van der Waals surface area (Å²) in [4.78, 5) is 11.5. The highest BCUT2D eigenvalue weighted by atomic mass is 32.1. The first-order chi connectivity index (χ1) is 7.40. The molecule has 0 heterocycles. The molecule has 0 unspecified atom stereocenters. The number of carbonyl (C=O) groups excluding carboxylic acids is 1. The van der Waals surface area contributed by atoms with Crippen LogP contribution in [-0.2, 0) is 17.2 Å². The van der Waals surface area contributed by atoms with Crippen LogP contribution in [-0.4, -0.2) is 23.8 Å². The van der Waals surface area contributed by atoms with Gasteiger partial charge in [-0.1, -0.05) is 0 Å². The summed E-state index contributed by atoms with van der Waals surface area (Å²) in [7, 11) is 0. The molecule has 0 atom stereocenters. The van der Waals surface area contributed by atoms with Crippen LogP contribution in [0.4, 0.5) is 4.79 Å². The van der Waals surface area contributed by atoms with Crippen LogP contribution in [0.15, 0.2) is 4.36 Å². The maximum atomic E-state index is 11.5. The van der Waals surface area contributed by atoms with Crippen LogP contribution < -0.4 is 5.32 Å². The molecule has 1 aliphatic rings. The predicted molar refractivity (Wildman–Crippen MR) is 65.2 cm³/mol. The Hall–Kier alpha value is -0.710. The molecule has 4 nitrogen and oxygen atoms in total. The zero-order valence-electron chi connectivity index (χ0n) is 10.2. The van der Waals surface area contributed by atoms with Crippen molar-refractivity contribution in [1.29, 1.82) is 0 Å². The number of hydrogen-bond donors (Lipinski definition) is 1. The van der Waals surface area contributed by atoms with Crippen molar-refractivity contribution in [3.05, 3.63) is 0 Å². The van der Waals surface area contributed by atoms with E-state index in [1.165, 1.54) is 0 Å². The first-order valence-corrected chi connectivity index (χ1v) is 6.09. The molecule has 0 aromatic heterocycles. The first kappa shape index (κ1) is 13.4. The molecule has 1 fully saturated rings. The van der Waals surface area contributed by atoms with Crippen LogP contribution in [0.5, 0.6) is 0 Å². The first-order valence-electron chi connectivity index (χ1n) is 5.72. The van der Waals surface area contributed by atoms with Gasteiger partial charge in [-0.25, -0.2) is 9.16 Å². The van der Waals surface area contributed by atoms with Crippen molar-refractivity contribution in [2.75, 3.05) is 0 Å². The fraction of sp³-hybridized carbons (Fsp3) is 0.909. The fourth-order valence-electron chi connectivity index (χ4n) is 1.80. The summed E-state index contributed by atoms with van der Waals surface area (Å²) in [6, 6.07) is 0.509.